The van der Waals surface area contributed by atoms with Crippen LogP contribution in [0, 0.1) is 0 Å². The molecule has 1 heterocycles. The lowest BCUT2D eigenvalue weighted by Gasteiger charge is -2.22. The fraction of sp³-hybridized carbons (Fsp3) is 0.778. The number of carbonyl (C=O) groups excluding carboxylic acids is 2. The molecule has 0 bridgehead atoms. The quantitative estimate of drug-likeness (QED) is 0.555. The van der Waals surface area contributed by atoms with Crippen LogP contribution in [0.1, 0.15) is 39.5 Å². The second kappa shape index (κ2) is 3.70. The number of carbonyl (C=O) groups is 2. The van der Waals surface area contributed by atoms with Crippen LogP contribution in [-0.4, -0.2) is 22.8 Å². The van der Waals surface area contributed by atoms with Crippen molar-refractivity contribution in [2.75, 3.05) is 0 Å². The predicted octanol–water partition coefficient (Wildman–Crippen LogP) is 1.32. The summed E-state index contributed by atoms with van der Waals surface area (Å²) < 4.78 is 0. The largest absolute Gasteiger partial charge is 0.280 e. The van der Waals surface area contributed by atoms with Gasteiger partial charge in [0.05, 0.1) is 0 Å². The van der Waals surface area contributed by atoms with Crippen molar-refractivity contribution >= 4 is 11.8 Å². The maximum atomic E-state index is 11.4. The Hall–Kier alpha value is -0.860. The average Bonchev–Trinajstić information content (AvgIpc) is 2.11. The lowest BCUT2D eigenvalue weighted by atomic mass is 10.2. The van der Waals surface area contributed by atoms with E-state index in [1.807, 2.05) is 13.8 Å². The Morgan fingerprint density at radius 1 is 1.08 bits per heavy atom. The SMILES string of the molecule is CC(C)N1C(=O)CCCCC1=O. The summed E-state index contributed by atoms with van der Waals surface area (Å²) in [4.78, 5) is 24.1. The van der Waals surface area contributed by atoms with Crippen LogP contribution >= 0.6 is 0 Å². The lowest BCUT2D eigenvalue weighted by molar-refractivity contribution is -0.145. The fourth-order valence-electron chi connectivity index (χ4n) is 1.51. The standard InChI is InChI=1S/C9H15NO2/c1-7(2)10-8(11)5-3-4-6-9(10)12/h7H,3-6H2,1-2H3. The van der Waals surface area contributed by atoms with Crippen LogP contribution in [0.25, 0.3) is 0 Å². The van der Waals surface area contributed by atoms with Crippen molar-refractivity contribution in [1.29, 1.82) is 0 Å². The van der Waals surface area contributed by atoms with Crippen LogP contribution in [0.3, 0.4) is 0 Å². The molecule has 0 aliphatic carbocycles. The van der Waals surface area contributed by atoms with Crippen molar-refractivity contribution in [3.63, 3.8) is 0 Å². The van der Waals surface area contributed by atoms with Crippen LogP contribution < -0.4 is 0 Å². The molecule has 1 fully saturated rings. The number of imide groups is 1. The third kappa shape index (κ3) is 1.84. The maximum Gasteiger partial charge on any atom is 0.229 e. The number of hydrogen-bond donors (Lipinski definition) is 0. The van der Waals surface area contributed by atoms with Gasteiger partial charge in [0.25, 0.3) is 0 Å². The number of rotatable bonds is 1. The average molecular weight is 169 g/mol. The van der Waals surface area contributed by atoms with Gasteiger partial charge in [0.15, 0.2) is 0 Å². The normalized spacial score (nSPS) is 20.1. The van der Waals surface area contributed by atoms with Crippen LogP contribution in [0.2, 0.25) is 0 Å². The van der Waals surface area contributed by atoms with Gasteiger partial charge in [0.2, 0.25) is 11.8 Å². The maximum absolute atomic E-state index is 11.4. The Balaban J connectivity index is 2.75. The van der Waals surface area contributed by atoms with Gasteiger partial charge in [-0.3, -0.25) is 14.5 Å². The minimum Gasteiger partial charge on any atom is -0.280 e. The minimum atomic E-state index is -0.00694. The van der Waals surface area contributed by atoms with Crippen molar-refractivity contribution in [2.45, 2.75) is 45.6 Å². The molecule has 2 amide bonds. The summed E-state index contributed by atoms with van der Waals surface area (Å²) in [6, 6.07) is 0.0168. The van der Waals surface area contributed by atoms with E-state index in [1.54, 1.807) is 0 Å². The Morgan fingerprint density at radius 2 is 1.50 bits per heavy atom. The van der Waals surface area contributed by atoms with Gasteiger partial charge in [0.1, 0.15) is 0 Å². The Labute approximate surface area is 72.7 Å². The van der Waals surface area contributed by atoms with Crippen molar-refractivity contribution < 1.29 is 9.59 Å². The smallest absolute Gasteiger partial charge is 0.229 e. The molecule has 0 N–H and O–H groups in total. The number of likely N-dealkylation sites (tertiary alicyclic amines) is 1. The highest BCUT2D eigenvalue weighted by molar-refractivity contribution is 5.96. The topological polar surface area (TPSA) is 37.4 Å². The predicted molar refractivity (Wildman–Crippen MR) is 45.5 cm³/mol. The van der Waals surface area contributed by atoms with Crippen molar-refractivity contribution in [2.24, 2.45) is 0 Å². The second-order valence-corrected chi connectivity index (χ2v) is 3.46. The zero-order valence-corrected chi connectivity index (χ0v) is 7.67. The molecule has 3 nitrogen and oxygen atoms in total. The monoisotopic (exact) mass is 169 g/mol. The van der Waals surface area contributed by atoms with Gasteiger partial charge in [-0.1, -0.05) is 0 Å². The molecule has 68 valence electrons. The highest BCUT2D eigenvalue weighted by Crippen LogP contribution is 2.14. The first-order chi connectivity index (χ1) is 5.63. The molecule has 1 aliphatic heterocycles. The molecule has 1 rings (SSSR count). The molecular weight excluding hydrogens is 154 g/mol. The summed E-state index contributed by atoms with van der Waals surface area (Å²) in [5, 5.41) is 0. The first-order valence-corrected chi connectivity index (χ1v) is 4.48. The van der Waals surface area contributed by atoms with Gasteiger partial charge < -0.3 is 0 Å². The summed E-state index contributed by atoms with van der Waals surface area (Å²) in [6.45, 7) is 3.75. The highest BCUT2D eigenvalue weighted by atomic mass is 16.2. The van der Waals surface area contributed by atoms with E-state index < -0.39 is 0 Å². The molecule has 0 aromatic carbocycles. The third-order valence-corrected chi connectivity index (χ3v) is 2.09. The van der Waals surface area contributed by atoms with Gasteiger partial charge in [-0.2, -0.15) is 0 Å². The van der Waals surface area contributed by atoms with Crippen molar-refractivity contribution in [3.05, 3.63) is 0 Å². The molecule has 12 heavy (non-hydrogen) atoms. The number of hydrogen-bond acceptors (Lipinski definition) is 2. The Kier molecular flexibility index (Phi) is 2.84. The molecule has 1 aliphatic rings. The van der Waals surface area contributed by atoms with Gasteiger partial charge in [0, 0.05) is 18.9 Å². The molecule has 0 unspecified atom stereocenters. The van der Waals surface area contributed by atoms with Gasteiger partial charge in [-0.15, -0.1) is 0 Å². The summed E-state index contributed by atoms with van der Waals surface area (Å²) in [6.07, 6.45) is 2.77. The molecule has 0 spiro atoms. The summed E-state index contributed by atoms with van der Waals surface area (Å²) in [7, 11) is 0. The van der Waals surface area contributed by atoms with Gasteiger partial charge in [-0.05, 0) is 26.7 Å². The minimum absolute atomic E-state index is 0.00694. The summed E-state index contributed by atoms with van der Waals surface area (Å²) >= 11 is 0. The molecule has 1 saturated heterocycles. The van der Waals surface area contributed by atoms with Gasteiger partial charge >= 0.3 is 0 Å². The van der Waals surface area contributed by atoms with E-state index in [1.165, 1.54) is 4.90 Å². The zero-order chi connectivity index (χ0) is 9.14. The molecule has 3 heteroatoms. The Bertz CT molecular complexity index is 181. The van der Waals surface area contributed by atoms with Gasteiger partial charge in [-0.25, -0.2) is 0 Å². The highest BCUT2D eigenvalue weighted by Gasteiger charge is 2.25. The summed E-state index contributed by atoms with van der Waals surface area (Å²) in [5.74, 6) is -0.0139. The molecule has 0 aromatic rings. The zero-order valence-electron chi connectivity index (χ0n) is 7.67. The first kappa shape index (κ1) is 9.23. The van der Waals surface area contributed by atoms with E-state index in [9.17, 15) is 9.59 Å². The third-order valence-electron chi connectivity index (χ3n) is 2.09. The molecular formula is C9H15NO2. The van der Waals surface area contributed by atoms with Crippen molar-refractivity contribution in [3.8, 4) is 0 Å². The van der Waals surface area contributed by atoms with E-state index in [-0.39, 0.29) is 17.9 Å². The van der Waals surface area contributed by atoms with E-state index >= 15 is 0 Å². The molecule has 0 atom stereocenters. The van der Waals surface area contributed by atoms with E-state index in [2.05, 4.69) is 0 Å². The van der Waals surface area contributed by atoms with E-state index in [4.69, 9.17) is 0 Å². The van der Waals surface area contributed by atoms with Crippen LogP contribution in [0.4, 0.5) is 0 Å². The van der Waals surface area contributed by atoms with Crippen LogP contribution in [0.5, 0.6) is 0 Å². The van der Waals surface area contributed by atoms with Crippen LogP contribution in [-0.2, 0) is 9.59 Å². The molecule has 0 aromatic heterocycles. The summed E-state index contributed by atoms with van der Waals surface area (Å²) in [5.41, 5.74) is 0. The Morgan fingerprint density at radius 3 is 1.83 bits per heavy atom. The first-order valence-electron chi connectivity index (χ1n) is 4.48. The molecule has 0 radical (unpaired) electrons. The van der Waals surface area contributed by atoms with E-state index in [0.717, 1.165) is 12.8 Å². The number of nitrogens with zero attached hydrogens (tertiary/aromatic N) is 1. The van der Waals surface area contributed by atoms with Crippen molar-refractivity contribution in [1.82, 2.24) is 4.90 Å². The fourth-order valence-corrected chi connectivity index (χ4v) is 1.51. The number of amides is 2. The molecule has 0 saturated carbocycles. The van der Waals surface area contributed by atoms with Crippen LogP contribution in [0.15, 0.2) is 0 Å². The second-order valence-electron chi connectivity index (χ2n) is 3.46. The van der Waals surface area contributed by atoms with E-state index in [0.29, 0.717) is 12.8 Å². The lowest BCUT2D eigenvalue weighted by Crippen LogP contribution is -2.40.